The van der Waals surface area contributed by atoms with Crippen LogP contribution in [-0.2, 0) is 31.0 Å². The molecule has 44 heavy (non-hydrogen) atoms. The molecule has 0 spiro atoms. The molecule has 1 aliphatic carbocycles. The predicted octanol–water partition coefficient (Wildman–Crippen LogP) is 3.55. The number of hydrogen-bond donors (Lipinski definition) is 0. The van der Waals surface area contributed by atoms with E-state index in [1.807, 2.05) is 0 Å². The smallest absolute Gasteiger partial charge is 1.00 e. The van der Waals surface area contributed by atoms with E-state index in [9.17, 15) is 4.79 Å². The number of nitrogens with one attached hydrogen (secondary N) is 1. The maximum Gasteiger partial charge on any atom is 4.00 e. The van der Waals surface area contributed by atoms with Crippen LogP contribution >= 0.6 is 0 Å². The Morgan fingerprint density at radius 1 is 0.545 bits per heavy atom. The third-order valence-corrected chi connectivity index (χ3v) is 9.08. The maximum atomic E-state index is 11.1. The molecule has 0 aromatic heterocycles. The molecule has 0 aliphatic heterocycles. The van der Waals surface area contributed by atoms with Crippen molar-refractivity contribution in [2.24, 2.45) is 5.92 Å². The number of rotatable bonds is 3. The van der Waals surface area contributed by atoms with E-state index >= 15 is 0 Å². The van der Waals surface area contributed by atoms with Gasteiger partial charge in [0.2, 0.25) is 0 Å². The Kier molecular flexibility index (Phi) is 21.1. The number of halogens is 2. The molecule has 0 saturated heterocycles. The van der Waals surface area contributed by atoms with Crippen LogP contribution in [0, 0.1) is 5.92 Å². The van der Waals surface area contributed by atoms with E-state index in [-0.39, 0.29) is 62.8 Å². The van der Waals surface area contributed by atoms with E-state index in [1.54, 1.807) is 0 Å². The minimum absolute atomic E-state index is 0. The van der Waals surface area contributed by atoms with Crippen molar-refractivity contribution in [3.8, 4) is 0 Å². The monoisotopic (exact) mass is 717 g/mol. The van der Waals surface area contributed by atoms with Gasteiger partial charge in [-0.05, 0) is 12.8 Å². The molecule has 1 fully saturated rings. The third-order valence-electron chi connectivity index (χ3n) is 7.83. The van der Waals surface area contributed by atoms with E-state index in [0.29, 0.717) is 0 Å². The second-order valence-electron chi connectivity index (χ2n) is 11.0. The van der Waals surface area contributed by atoms with Gasteiger partial charge in [-0.15, -0.1) is 39.7 Å². The molecule has 6 heteroatoms. The Hall–Kier alpha value is -2.10. The summed E-state index contributed by atoms with van der Waals surface area (Å²) in [5.41, 5.74) is 7.23. The zero-order valence-corrected chi connectivity index (χ0v) is 30.5. The van der Waals surface area contributed by atoms with Gasteiger partial charge < -0.3 is 35.3 Å². The fraction of sp³-hybridized carbons (Fsp3) is 0.316. The van der Waals surface area contributed by atoms with Crippen LogP contribution < -0.4 is 35.2 Å². The van der Waals surface area contributed by atoms with Gasteiger partial charge in [-0.25, -0.2) is 0 Å². The number of fused-ring (bicyclic) bond motifs is 3. The van der Waals surface area contributed by atoms with Gasteiger partial charge in [-0.3, -0.25) is 0 Å². The van der Waals surface area contributed by atoms with Gasteiger partial charge in [0.1, 0.15) is 9.52 Å². The number of hydrogen-bond acceptors (Lipinski definition) is 1. The van der Waals surface area contributed by atoms with Gasteiger partial charge in [0.05, 0.1) is 5.91 Å². The minimum Gasteiger partial charge on any atom is -1.00 e. The molecular formula is C38H43Cl2NOSiZr. The molecule has 0 unspecified atom stereocenters. The van der Waals surface area contributed by atoms with E-state index in [2.05, 4.69) is 115 Å². The number of benzene rings is 4. The summed E-state index contributed by atoms with van der Waals surface area (Å²) >= 11 is 0. The van der Waals surface area contributed by atoms with Gasteiger partial charge in [0.15, 0.2) is 0 Å². The SMILES string of the molecule is [Cl-].[Cl-].[NH-]C(=O)C1CCCCCCCCCCC1.[Zr+4].c1ccc([Si]c2ccccc2)cc1.c1ccc2c(c1)[cH-]c1ccccc12. The summed E-state index contributed by atoms with van der Waals surface area (Å²) in [6.07, 6.45) is 13.5. The quantitative estimate of drug-likeness (QED) is 0.208. The third kappa shape index (κ3) is 13.9. The summed E-state index contributed by atoms with van der Waals surface area (Å²) in [4.78, 5) is 11.1. The predicted molar refractivity (Wildman–Crippen MR) is 179 cm³/mol. The van der Waals surface area contributed by atoms with Crippen molar-refractivity contribution in [1.29, 1.82) is 0 Å². The molecular weight excluding hydrogens is 677 g/mol. The molecule has 5 aromatic carbocycles. The van der Waals surface area contributed by atoms with Crippen LogP contribution in [0.25, 0.3) is 27.3 Å². The number of carbonyl (C=O) groups excluding carboxylic acids is 1. The Labute approximate surface area is 298 Å². The first-order valence-electron chi connectivity index (χ1n) is 15.4. The van der Waals surface area contributed by atoms with Gasteiger partial charge in [0, 0.05) is 5.92 Å². The van der Waals surface area contributed by atoms with Gasteiger partial charge in [0.25, 0.3) is 0 Å². The van der Waals surface area contributed by atoms with Crippen LogP contribution in [0.1, 0.15) is 70.6 Å². The average Bonchev–Trinajstić information content (AvgIpc) is 3.38. The summed E-state index contributed by atoms with van der Waals surface area (Å²) in [5.74, 6) is -0.281. The molecule has 2 radical (unpaired) electrons. The first-order valence-corrected chi connectivity index (χ1v) is 16.4. The Morgan fingerprint density at radius 3 is 1.27 bits per heavy atom. The maximum absolute atomic E-state index is 11.1. The molecule has 0 bridgehead atoms. The van der Waals surface area contributed by atoms with E-state index in [0.717, 1.165) is 35.2 Å². The summed E-state index contributed by atoms with van der Waals surface area (Å²) in [7, 11) is 0.777. The minimum atomic E-state index is -0.327. The Morgan fingerprint density at radius 2 is 0.886 bits per heavy atom. The van der Waals surface area contributed by atoms with Crippen molar-refractivity contribution in [1.82, 2.24) is 0 Å². The number of carbonyl (C=O) groups is 1. The molecule has 6 rings (SSSR count). The van der Waals surface area contributed by atoms with Crippen molar-refractivity contribution < 1.29 is 55.8 Å². The molecule has 0 atom stereocenters. The summed E-state index contributed by atoms with van der Waals surface area (Å²) in [6, 6.07) is 40.4. The van der Waals surface area contributed by atoms with Crippen LogP contribution in [0.3, 0.4) is 0 Å². The standard InChI is InChI=1S/C13H25NO.C13H9.C12H10Si.2ClH.Zr/c14-13(15)12-10-8-6-4-2-1-3-5-7-9-11-12;1-3-7-12-10(5-1)9-11-6-2-4-8-13(11)12;1-3-7-11(8-4-1)13-12-9-5-2-6-10-12;;;/h12H,1-11H2,(H2,14,15);1-9H;1-10H;2*1H;/q;-1;;;;+4/p-3. The molecule has 1 aliphatic rings. The average molecular weight is 720 g/mol. The summed E-state index contributed by atoms with van der Waals surface area (Å²) in [6.45, 7) is 0. The molecule has 1 N–H and O–H groups in total. The molecule has 5 aromatic rings. The van der Waals surface area contributed by atoms with Gasteiger partial charge in [-0.2, -0.15) is 0 Å². The van der Waals surface area contributed by atoms with Crippen LogP contribution in [0.15, 0.2) is 115 Å². The Balaban J connectivity index is 0.000000320. The fourth-order valence-corrected chi connectivity index (χ4v) is 6.59. The Bertz CT molecular complexity index is 1350. The van der Waals surface area contributed by atoms with Gasteiger partial charge in [-0.1, -0.05) is 165 Å². The van der Waals surface area contributed by atoms with E-state index < -0.39 is 0 Å². The van der Waals surface area contributed by atoms with Crippen molar-refractivity contribution in [3.05, 3.63) is 121 Å². The molecule has 228 valence electrons. The topological polar surface area (TPSA) is 40.9 Å². The van der Waals surface area contributed by atoms with Crippen LogP contribution in [0.2, 0.25) is 0 Å². The second-order valence-corrected chi connectivity index (χ2v) is 12.4. The zero-order valence-electron chi connectivity index (χ0n) is 25.5. The molecule has 1 saturated carbocycles. The molecule has 1 amide bonds. The molecule has 2 nitrogen and oxygen atoms in total. The first-order chi connectivity index (χ1) is 20.2. The summed E-state index contributed by atoms with van der Waals surface area (Å²) < 4.78 is 0. The van der Waals surface area contributed by atoms with Crippen molar-refractivity contribution in [3.63, 3.8) is 0 Å². The van der Waals surface area contributed by atoms with Crippen molar-refractivity contribution >= 4 is 47.3 Å². The summed E-state index contributed by atoms with van der Waals surface area (Å²) in [5, 5.41) is 8.19. The van der Waals surface area contributed by atoms with Crippen LogP contribution in [0.4, 0.5) is 0 Å². The van der Waals surface area contributed by atoms with E-state index in [4.69, 9.17) is 5.73 Å². The molecule has 0 heterocycles. The number of amides is 1. The second kappa shape index (κ2) is 23.3. The van der Waals surface area contributed by atoms with Gasteiger partial charge >= 0.3 is 26.2 Å². The first kappa shape index (κ1) is 39.9. The fourth-order valence-electron chi connectivity index (χ4n) is 5.54. The zero-order chi connectivity index (χ0) is 28.5. The normalized spacial score (nSPS) is 13.9. The van der Waals surface area contributed by atoms with E-state index in [1.165, 1.54) is 76.9 Å². The largest absolute Gasteiger partial charge is 4.00 e. The van der Waals surface area contributed by atoms with Crippen LogP contribution in [0.5, 0.6) is 0 Å². The van der Waals surface area contributed by atoms with Crippen LogP contribution in [-0.4, -0.2) is 15.4 Å². The van der Waals surface area contributed by atoms with Crippen molar-refractivity contribution in [2.45, 2.75) is 70.6 Å². The van der Waals surface area contributed by atoms with Crippen molar-refractivity contribution in [2.75, 3.05) is 0 Å².